The lowest BCUT2D eigenvalue weighted by Gasteiger charge is -2.32. The minimum atomic E-state index is -0.653. The van der Waals surface area contributed by atoms with Crippen LogP contribution in [0.1, 0.15) is 18.4 Å². The number of benzene rings is 2. The van der Waals surface area contributed by atoms with Crippen LogP contribution in [0.4, 0.5) is 14.6 Å². The molecule has 4 aromatic rings. The van der Waals surface area contributed by atoms with Gasteiger partial charge in [0.25, 0.3) is 0 Å². The fraction of sp³-hybridized carbons (Fsp3) is 0.240. The van der Waals surface area contributed by atoms with Crippen LogP contribution in [0, 0.1) is 17.6 Å². The standard InChI is InChI=1S/C25H23F2N5O/c26-20-7-6-19(21(27)14-20)16-29-25(33)18-8-11-31(12-9-18)24-23-15-22(17-4-2-1-3-5-17)30-32(23)13-10-28-24/h1-7,10,13-15,18H,8-9,11-12,16H2,(H,29,33). The Kier molecular flexibility index (Phi) is 5.73. The number of hydrogen-bond acceptors (Lipinski definition) is 4. The Morgan fingerprint density at radius 2 is 1.85 bits per heavy atom. The molecule has 33 heavy (non-hydrogen) atoms. The van der Waals surface area contributed by atoms with Crippen LogP contribution in [-0.4, -0.2) is 33.6 Å². The third-order valence-electron chi connectivity index (χ3n) is 6.07. The maximum absolute atomic E-state index is 13.8. The molecule has 0 saturated carbocycles. The van der Waals surface area contributed by atoms with Crippen molar-refractivity contribution in [3.8, 4) is 11.3 Å². The SMILES string of the molecule is O=C(NCc1ccc(F)cc1F)C1CCN(c2nccn3nc(-c4ccccc4)cc23)CC1. The first-order valence-corrected chi connectivity index (χ1v) is 10.9. The summed E-state index contributed by atoms with van der Waals surface area (Å²) in [6.45, 7) is 1.41. The summed E-state index contributed by atoms with van der Waals surface area (Å²) < 4.78 is 28.7. The molecular formula is C25H23F2N5O. The van der Waals surface area contributed by atoms with Gasteiger partial charge in [-0.1, -0.05) is 36.4 Å². The van der Waals surface area contributed by atoms with Gasteiger partial charge in [-0.15, -0.1) is 0 Å². The highest BCUT2D eigenvalue weighted by atomic mass is 19.1. The number of carbonyl (C=O) groups is 1. The van der Waals surface area contributed by atoms with Crippen LogP contribution in [0.3, 0.4) is 0 Å². The van der Waals surface area contributed by atoms with E-state index < -0.39 is 11.6 Å². The zero-order chi connectivity index (χ0) is 22.8. The summed E-state index contributed by atoms with van der Waals surface area (Å²) in [7, 11) is 0. The summed E-state index contributed by atoms with van der Waals surface area (Å²) in [5.74, 6) is -0.707. The van der Waals surface area contributed by atoms with Crippen LogP contribution in [0.25, 0.3) is 16.8 Å². The molecule has 1 saturated heterocycles. The number of nitrogens with one attached hydrogen (secondary N) is 1. The number of piperidine rings is 1. The predicted molar refractivity (Wildman–Crippen MR) is 122 cm³/mol. The van der Waals surface area contributed by atoms with Gasteiger partial charge in [0.05, 0.1) is 5.69 Å². The Balaban J connectivity index is 1.24. The molecule has 1 aliphatic heterocycles. The van der Waals surface area contributed by atoms with Gasteiger partial charge in [0, 0.05) is 55.1 Å². The maximum Gasteiger partial charge on any atom is 0.223 e. The third-order valence-corrected chi connectivity index (χ3v) is 6.07. The lowest BCUT2D eigenvalue weighted by molar-refractivity contribution is -0.125. The Hall–Kier alpha value is -3.81. The molecule has 3 heterocycles. The first kappa shape index (κ1) is 21.1. The van der Waals surface area contributed by atoms with Gasteiger partial charge in [0.1, 0.15) is 17.2 Å². The summed E-state index contributed by atoms with van der Waals surface area (Å²) in [5.41, 5.74) is 3.12. The monoisotopic (exact) mass is 447 g/mol. The van der Waals surface area contributed by atoms with Gasteiger partial charge < -0.3 is 10.2 Å². The Bertz CT molecular complexity index is 1280. The second-order valence-electron chi connectivity index (χ2n) is 8.19. The zero-order valence-electron chi connectivity index (χ0n) is 17.9. The van der Waals surface area contributed by atoms with Gasteiger partial charge in [-0.05, 0) is 25.0 Å². The van der Waals surface area contributed by atoms with Crippen molar-refractivity contribution < 1.29 is 13.6 Å². The smallest absolute Gasteiger partial charge is 0.223 e. The largest absolute Gasteiger partial charge is 0.355 e. The molecule has 0 bridgehead atoms. The van der Waals surface area contributed by atoms with E-state index in [9.17, 15) is 13.6 Å². The van der Waals surface area contributed by atoms with Gasteiger partial charge in [-0.2, -0.15) is 5.10 Å². The number of aromatic nitrogens is 3. The van der Waals surface area contributed by atoms with Gasteiger partial charge in [-0.3, -0.25) is 4.79 Å². The van der Waals surface area contributed by atoms with Crippen LogP contribution in [0.5, 0.6) is 0 Å². The molecular weight excluding hydrogens is 424 g/mol. The van der Waals surface area contributed by atoms with Crippen LogP contribution >= 0.6 is 0 Å². The third kappa shape index (κ3) is 4.41. The lowest BCUT2D eigenvalue weighted by atomic mass is 9.95. The number of halogens is 2. The van der Waals surface area contributed by atoms with E-state index in [1.54, 1.807) is 6.20 Å². The molecule has 1 fully saturated rings. The predicted octanol–water partition coefficient (Wildman–Crippen LogP) is 4.21. The molecule has 168 valence electrons. The van der Waals surface area contributed by atoms with Crippen LogP contribution in [0.15, 0.2) is 67.0 Å². The number of hydrogen-bond donors (Lipinski definition) is 1. The average Bonchev–Trinajstić information content (AvgIpc) is 3.29. The average molecular weight is 447 g/mol. The second-order valence-corrected chi connectivity index (χ2v) is 8.19. The van der Waals surface area contributed by atoms with Crippen molar-refractivity contribution in [2.75, 3.05) is 18.0 Å². The minimum Gasteiger partial charge on any atom is -0.355 e. The summed E-state index contributed by atoms with van der Waals surface area (Å²) >= 11 is 0. The number of fused-ring (bicyclic) bond motifs is 1. The highest BCUT2D eigenvalue weighted by Crippen LogP contribution is 2.28. The fourth-order valence-corrected chi connectivity index (χ4v) is 4.25. The number of amides is 1. The highest BCUT2D eigenvalue weighted by molar-refractivity contribution is 5.79. The quantitative estimate of drug-likeness (QED) is 0.498. The Morgan fingerprint density at radius 1 is 1.06 bits per heavy atom. The number of anilines is 1. The molecule has 1 N–H and O–H groups in total. The van der Waals surface area contributed by atoms with E-state index in [4.69, 9.17) is 0 Å². The second kappa shape index (κ2) is 8.97. The van der Waals surface area contributed by atoms with Crippen molar-refractivity contribution in [1.82, 2.24) is 19.9 Å². The highest BCUT2D eigenvalue weighted by Gasteiger charge is 2.27. The van der Waals surface area contributed by atoms with Crippen LogP contribution in [0.2, 0.25) is 0 Å². The van der Waals surface area contributed by atoms with Crippen molar-refractivity contribution >= 4 is 17.2 Å². The van der Waals surface area contributed by atoms with E-state index in [0.29, 0.717) is 25.9 Å². The summed E-state index contributed by atoms with van der Waals surface area (Å²) in [6.07, 6.45) is 4.90. The van der Waals surface area contributed by atoms with Gasteiger partial charge in [0.15, 0.2) is 5.82 Å². The molecule has 0 aliphatic carbocycles. The zero-order valence-corrected chi connectivity index (χ0v) is 17.9. The molecule has 0 atom stereocenters. The topological polar surface area (TPSA) is 62.5 Å². The molecule has 0 unspecified atom stereocenters. The van der Waals surface area contributed by atoms with Gasteiger partial charge in [0.2, 0.25) is 5.91 Å². The number of carbonyl (C=O) groups excluding carboxylic acids is 1. The maximum atomic E-state index is 13.8. The summed E-state index contributed by atoms with van der Waals surface area (Å²) in [5, 5.41) is 7.46. The molecule has 0 radical (unpaired) electrons. The van der Waals surface area contributed by atoms with E-state index in [1.165, 1.54) is 12.1 Å². The molecule has 2 aromatic carbocycles. The van der Waals surface area contributed by atoms with Gasteiger partial charge in [-0.25, -0.2) is 18.3 Å². The van der Waals surface area contributed by atoms with E-state index in [2.05, 4.69) is 20.3 Å². The molecule has 5 rings (SSSR count). The van der Waals surface area contributed by atoms with E-state index in [0.717, 1.165) is 28.7 Å². The molecule has 8 heteroatoms. The van der Waals surface area contributed by atoms with E-state index >= 15 is 0 Å². The number of nitrogens with zero attached hydrogens (tertiary/aromatic N) is 4. The molecule has 0 spiro atoms. The molecule has 2 aromatic heterocycles. The van der Waals surface area contributed by atoms with Crippen LogP contribution in [-0.2, 0) is 11.3 Å². The number of rotatable bonds is 5. The molecule has 6 nitrogen and oxygen atoms in total. The van der Waals surface area contributed by atoms with E-state index in [-0.39, 0.29) is 23.9 Å². The first-order valence-electron chi connectivity index (χ1n) is 10.9. The van der Waals surface area contributed by atoms with Crippen molar-refractivity contribution in [2.24, 2.45) is 5.92 Å². The van der Waals surface area contributed by atoms with Crippen molar-refractivity contribution in [1.29, 1.82) is 0 Å². The summed E-state index contributed by atoms with van der Waals surface area (Å²) in [4.78, 5) is 19.4. The van der Waals surface area contributed by atoms with Crippen molar-refractivity contribution in [3.05, 3.63) is 84.2 Å². The first-order chi connectivity index (χ1) is 16.1. The van der Waals surface area contributed by atoms with E-state index in [1.807, 2.05) is 47.1 Å². The fourth-order valence-electron chi connectivity index (χ4n) is 4.25. The molecule has 1 aliphatic rings. The lowest BCUT2D eigenvalue weighted by Crippen LogP contribution is -2.40. The Labute approximate surface area is 189 Å². The summed E-state index contributed by atoms with van der Waals surface area (Å²) in [6, 6.07) is 15.4. The van der Waals surface area contributed by atoms with Crippen LogP contribution < -0.4 is 10.2 Å². The van der Waals surface area contributed by atoms with Gasteiger partial charge >= 0.3 is 0 Å². The normalized spacial score (nSPS) is 14.5. The Morgan fingerprint density at radius 3 is 2.61 bits per heavy atom. The van der Waals surface area contributed by atoms with Crippen molar-refractivity contribution in [3.63, 3.8) is 0 Å². The minimum absolute atomic E-state index is 0.0457. The van der Waals surface area contributed by atoms with Crippen molar-refractivity contribution in [2.45, 2.75) is 19.4 Å². The molecule has 1 amide bonds.